The summed E-state index contributed by atoms with van der Waals surface area (Å²) in [6.07, 6.45) is 1.79. The molecule has 144 valence electrons. The molecule has 2 aromatic carbocycles. The fourth-order valence-electron chi connectivity index (χ4n) is 3.65. The number of para-hydroxylation sites is 1. The summed E-state index contributed by atoms with van der Waals surface area (Å²) in [7, 11) is 1.62. The Balaban J connectivity index is 2.03. The third kappa shape index (κ3) is 2.91. The molecule has 2 heterocycles. The number of hydrogen-bond donors (Lipinski definition) is 2. The number of fused-ring (bicyclic) bond motifs is 2. The van der Waals surface area contributed by atoms with Gasteiger partial charge in [0.2, 0.25) is 0 Å². The number of ether oxygens (including phenoxy) is 1. The highest BCUT2D eigenvalue weighted by atomic mass is 16.5. The van der Waals surface area contributed by atoms with Crippen molar-refractivity contribution in [2.24, 2.45) is 0 Å². The summed E-state index contributed by atoms with van der Waals surface area (Å²) in [5.41, 5.74) is 8.11. The summed E-state index contributed by atoms with van der Waals surface area (Å²) in [5, 5.41) is 1.02. The average Bonchev–Trinajstić information content (AvgIpc) is 3.04. The van der Waals surface area contributed by atoms with Crippen LogP contribution in [0.1, 0.15) is 26.0 Å². The highest BCUT2D eigenvalue weighted by molar-refractivity contribution is 5.98. The smallest absolute Gasteiger partial charge is 0.275 e. The zero-order valence-corrected chi connectivity index (χ0v) is 16.4. The molecule has 28 heavy (non-hydrogen) atoms. The Kier molecular flexibility index (Phi) is 4.77. The van der Waals surface area contributed by atoms with E-state index >= 15 is 0 Å². The van der Waals surface area contributed by atoms with Crippen molar-refractivity contribution in [1.82, 2.24) is 14.6 Å². The number of benzene rings is 2. The number of rotatable bonds is 6. The lowest BCUT2D eigenvalue weighted by Gasteiger charge is -2.12. The Morgan fingerprint density at radius 2 is 2.00 bits per heavy atom. The van der Waals surface area contributed by atoms with E-state index in [1.807, 2.05) is 36.4 Å². The molecule has 0 aliphatic heterocycles. The van der Waals surface area contributed by atoms with Crippen LogP contribution in [0.4, 0.5) is 0 Å². The Bertz CT molecular complexity index is 1210. The van der Waals surface area contributed by atoms with E-state index < -0.39 is 0 Å². The molecule has 0 fully saturated rings. The maximum Gasteiger partial charge on any atom is 0.275 e. The molecule has 0 atom stereocenters. The summed E-state index contributed by atoms with van der Waals surface area (Å²) in [6.45, 7) is 5.08. The van der Waals surface area contributed by atoms with Crippen molar-refractivity contribution >= 4 is 21.9 Å². The van der Waals surface area contributed by atoms with E-state index in [0.29, 0.717) is 22.5 Å². The molecule has 0 saturated carbocycles. The number of H-pyrrole nitrogens is 1. The second-order valence-corrected chi connectivity index (χ2v) is 6.73. The van der Waals surface area contributed by atoms with Gasteiger partial charge < -0.3 is 15.1 Å². The number of nitrogens with zero attached hydrogens (tertiary/aromatic N) is 2. The van der Waals surface area contributed by atoms with Gasteiger partial charge in [0.15, 0.2) is 0 Å². The van der Waals surface area contributed by atoms with E-state index in [1.165, 1.54) is 0 Å². The quantitative estimate of drug-likeness (QED) is 0.532. The van der Waals surface area contributed by atoms with Gasteiger partial charge in [-0.3, -0.25) is 9.47 Å². The molecule has 0 spiro atoms. The van der Waals surface area contributed by atoms with Gasteiger partial charge in [-0.05, 0) is 31.0 Å². The highest BCUT2D eigenvalue weighted by Gasteiger charge is 2.21. The van der Waals surface area contributed by atoms with Crippen molar-refractivity contribution in [2.45, 2.75) is 26.7 Å². The molecule has 2 N–H and O–H groups in total. The lowest BCUT2D eigenvalue weighted by atomic mass is 10.1. The van der Waals surface area contributed by atoms with Crippen molar-refractivity contribution in [3.05, 3.63) is 58.5 Å². The van der Waals surface area contributed by atoms with E-state index in [0.717, 1.165) is 41.5 Å². The van der Waals surface area contributed by atoms with Gasteiger partial charge in [0, 0.05) is 23.6 Å². The van der Waals surface area contributed by atoms with Crippen molar-refractivity contribution in [2.75, 3.05) is 19.1 Å². The minimum absolute atomic E-state index is 0.189. The second-order valence-electron chi connectivity index (χ2n) is 6.73. The minimum Gasteiger partial charge on any atom is -0.497 e. The highest BCUT2D eigenvalue weighted by Crippen LogP contribution is 2.33. The molecule has 0 aliphatic carbocycles. The van der Waals surface area contributed by atoms with Crippen LogP contribution in [0, 0.1) is 0 Å². The fourth-order valence-corrected chi connectivity index (χ4v) is 3.65. The Morgan fingerprint density at radius 3 is 2.75 bits per heavy atom. The molecule has 0 radical (unpaired) electrons. The minimum atomic E-state index is -0.189. The van der Waals surface area contributed by atoms with Crippen LogP contribution in [0.15, 0.2) is 47.3 Å². The first kappa shape index (κ1) is 18.1. The number of methoxy groups -OCH3 is 1. The van der Waals surface area contributed by atoms with Crippen molar-refractivity contribution in [3.8, 4) is 17.0 Å². The van der Waals surface area contributed by atoms with Gasteiger partial charge in [-0.15, -0.1) is 0 Å². The number of aromatic nitrogens is 3. The molecular formula is C22H24N4O2. The van der Waals surface area contributed by atoms with Crippen LogP contribution in [0.5, 0.6) is 5.75 Å². The molecule has 2 aromatic heterocycles. The van der Waals surface area contributed by atoms with Crippen LogP contribution in [-0.4, -0.2) is 28.3 Å². The van der Waals surface area contributed by atoms with Crippen LogP contribution in [0.25, 0.3) is 33.2 Å². The van der Waals surface area contributed by atoms with Crippen molar-refractivity contribution < 1.29 is 4.74 Å². The topological polar surface area (TPSA) is 71.9 Å². The Morgan fingerprint density at radius 1 is 1.18 bits per heavy atom. The predicted octanol–water partition coefficient (Wildman–Crippen LogP) is 4.07. The van der Waals surface area contributed by atoms with Crippen LogP contribution >= 0.6 is 0 Å². The van der Waals surface area contributed by atoms with E-state index in [-0.39, 0.29) is 5.56 Å². The second kappa shape index (κ2) is 7.38. The van der Waals surface area contributed by atoms with Crippen LogP contribution in [0.2, 0.25) is 0 Å². The first-order valence-electron chi connectivity index (χ1n) is 9.62. The number of aromatic amines is 1. The average molecular weight is 376 g/mol. The molecule has 4 aromatic rings. The normalized spacial score (nSPS) is 11.2. The van der Waals surface area contributed by atoms with E-state index in [9.17, 15) is 4.79 Å². The Hall–Kier alpha value is -3.28. The largest absolute Gasteiger partial charge is 0.497 e. The molecule has 0 bridgehead atoms. The molecule has 0 aliphatic rings. The number of hydrogen-bond acceptors (Lipinski definition) is 4. The van der Waals surface area contributed by atoms with Gasteiger partial charge in [-0.1, -0.05) is 32.0 Å². The lowest BCUT2D eigenvalue weighted by molar-refractivity contribution is 0.415. The zero-order valence-electron chi connectivity index (χ0n) is 16.4. The van der Waals surface area contributed by atoms with Crippen molar-refractivity contribution in [3.63, 3.8) is 0 Å². The van der Waals surface area contributed by atoms with Crippen LogP contribution < -0.4 is 15.7 Å². The zero-order chi connectivity index (χ0) is 19.7. The lowest BCUT2D eigenvalue weighted by Crippen LogP contribution is -2.18. The molecular weight excluding hydrogens is 352 g/mol. The molecule has 0 amide bonds. The van der Waals surface area contributed by atoms with Gasteiger partial charge in [-0.25, -0.2) is 4.98 Å². The van der Waals surface area contributed by atoms with E-state index in [1.54, 1.807) is 7.11 Å². The van der Waals surface area contributed by atoms with E-state index in [2.05, 4.69) is 35.0 Å². The maximum absolute atomic E-state index is 12.9. The summed E-state index contributed by atoms with van der Waals surface area (Å²) in [4.78, 5) is 20.7. The first-order valence-corrected chi connectivity index (χ1v) is 9.62. The molecule has 0 unspecified atom stereocenters. The first-order chi connectivity index (χ1) is 13.7. The summed E-state index contributed by atoms with van der Waals surface area (Å²) in [5.74, 6) is 0.709. The molecule has 6 nitrogen and oxygen atoms in total. The number of nitrogens with one attached hydrogen (secondary N) is 2. The van der Waals surface area contributed by atoms with Gasteiger partial charge in [0.1, 0.15) is 11.4 Å². The van der Waals surface area contributed by atoms with Crippen LogP contribution in [0.3, 0.4) is 0 Å². The standard InChI is InChI=1S/C22H24N4O2/c1-4-12-23-26-18(5-2)20(15-8-6-7-9-19(15)26)21-22(27)25-16-11-10-14(28-3)13-17(16)24-21/h6-11,13,23H,4-5,12H2,1-3H3,(H,25,27). The summed E-state index contributed by atoms with van der Waals surface area (Å²) < 4.78 is 7.42. The molecule has 6 heteroatoms. The predicted molar refractivity (Wildman–Crippen MR) is 114 cm³/mol. The maximum atomic E-state index is 12.9. The Labute approximate surface area is 163 Å². The third-order valence-corrected chi connectivity index (χ3v) is 4.96. The van der Waals surface area contributed by atoms with Crippen LogP contribution in [-0.2, 0) is 6.42 Å². The monoisotopic (exact) mass is 376 g/mol. The van der Waals surface area contributed by atoms with E-state index in [4.69, 9.17) is 9.72 Å². The summed E-state index contributed by atoms with van der Waals surface area (Å²) >= 11 is 0. The fraction of sp³-hybridized carbons (Fsp3) is 0.273. The van der Waals surface area contributed by atoms with Gasteiger partial charge in [0.05, 0.1) is 29.4 Å². The molecule has 4 rings (SSSR count). The summed E-state index contributed by atoms with van der Waals surface area (Å²) in [6, 6.07) is 13.6. The third-order valence-electron chi connectivity index (χ3n) is 4.96. The van der Waals surface area contributed by atoms with Gasteiger partial charge in [-0.2, -0.15) is 0 Å². The van der Waals surface area contributed by atoms with Gasteiger partial charge in [0.25, 0.3) is 5.56 Å². The van der Waals surface area contributed by atoms with Gasteiger partial charge >= 0.3 is 0 Å². The SMILES string of the molecule is CCCNn1c(CC)c(-c2nc3cc(OC)ccc3[nH]c2=O)c2ccccc21. The van der Waals surface area contributed by atoms with Crippen molar-refractivity contribution in [1.29, 1.82) is 0 Å². The molecule has 0 saturated heterocycles.